The van der Waals surface area contributed by atoms with Gasteiger partial charge in [0.2, 0.25) is 0 Å². The van der Waals surface area contributed by atoms with Crippen LogP contribution in [0.5, 0.6) is 0 Å². The largest absolute Gasteiger partial charge is 0.396 e. The molecule has 1 unspecified atom stereocenters. The molecule has 0 spiro atoms. The van der Waals surface area contributed by atoms with Crippen LogP contribution < -0.4 is 0 Å². The summed E-state index contributed by atoms with van der Waals surface area (Å²) in [4.78, 5) is 0. The molecule has 1 N–H and O–H groups in total. The van der Waals surface area contributed by atoms with E-state index in [1.165, 1.54) is 51.0 Å². The second-order valence-corrected chi connectivity index (χ2v) is 5.66. The first kappa shape index (κ1) is 17.2. The number of halogens is 1. The number of aliphatic hydroxyl groups excluding tert-OH is 1. The Morgan fingerprint density at radius 3 is 2.15 bits per heavy atom. The minimum atomic E-state index is -0.189. The van der Waals surface area contributed by atoms with Gasteiger partial charge in [-0.2, -0.15) is 0 Å². The molecule has 0 heterocycles. The first-order valence-corrected chi connectivity index (χ1v) is 8.14. The lowest BCUT2D eigenvalue weighted by Gasteiger charge is -2.15. The quantitative estimate of drug-likeness (QED) is 0.536. The Bertz CT molecular complexity index is 351. The number of unbranched alkanes of at least 4 members (excludes halogenated alkanes) is 7. The van der Waals surface area contributed by atoms with Crippen LogP contribution in [0.2, 0.25) is 0 Å². The number of benzene rings is 1. The number of aliphatic hydroxyl groups is 1. The van der Waals surface area contributed by atoms with Gasteiger partial charge in [0.05, 0.1) is 6.61 Å². The van der Waals surface area contributed by atoms with Crippen molar-refractivity contribution in [1.29, 1.82) is 0 Å². The summed E-state index contributed by atoms with van der Waals surface area (Å²) >= 11 is 0. The third-order valence-corrected chi connectivity index (χ3v) is 3.97. The van der Waals surface area contributed by atoms with Gasteiger partial charge >= 0.3 is 0 Å². The van der Waals surface area contributed by atoms with Crippen molar-refractivity contribution in [2.75, 3.05) is 6.61 Å². The molecule has 114 valence electrons. The Kier molecular flexibility index (Phi) is 9.31. The molecule has 1 aromatic carbocycles. The first-order chi connectivity index (χ1) is 9.79. The highest BCUT2D eigenvalue weighted by molar-refractivity contribution is 5.21. The second kappa shape index (κ2) is 10.8. The summed E-state index contributed by atoms with van der Waals surface area (Å²) in [6.07, 6.45) is 11.1. The number of hydrogen-bond donors (Lipinski definition) is 1. The second-order valence-electron chi connectivity index (χ2n) is 5.66. The highest BCUT2D eigenvalue weighted by Gasteiger charge is 2.13. The molecule has 0 aliphatic heterocycles. The van der Waals surface area contributed by atoms with E-state index in [0.717, 1.165) is 12.8 Å². The SMILES string of the molecule is CCCCCCCCCCC(CO)c1ccccc1F. The van der Waals surface area contributed by atoms with Gasteiger partial charge in [-0.3, -0.25) is 0 Å². The monoisotopic (exact) mass is 280 g/mol. The summed E-state index contributed by atoms with van der Waals surface area (Å²) in [7, 11) is 0. The summed E-state index contributed by atoms with van der Waals surface area (Å²) in [5.74, 6) is -0.234. The predicted molar refractivity (Wildman–Crippen MR) is 83.5 cm³/mol. The minimum absolute atomic E-state index is 0.0391. The summed E-state index contributed by atoms with van der Waals surface area (Å²) in [6.45, 7) is 2.27. The van der Waals surface area contributed by atoms with Gasteiger partial charge in [0.1, 0.15) is 5.82 Å². The maximum atomic E-state index is 13.7. The topological polar surface area (TPSA) is 20.2 Å². The van der Waals surface area contributed by atoms with E-state index in [1.54, 1.807) is 12.1 Å². The maximum Gasteiger partial charge on any atom is 0.126 e. The fraction of sp³-hybridized carbons (Fsp3) is 0.667. The Labute approximate surface area is 123 Å². The van der Waals surface area contributed by atoms with Gasteiger partial charge in [-0.25, -0.2) is 4.39 Å². The molecule has 0 amide bonds. The highest BCUT2D eigenvalue weighted by atomic mass is 19.1. The van der Waals surface area contributed by atoms with Gasteiger partial charge in [0.15, 0.2) is 0 Å². The van der Waals surface area contributed by atoms with Gasteiger partial charge in [-0.15, -0.1) is 0 Å². The van der Waals surface area contributed by atoms with Crippen molar-refractivity contribution in [1.82, 2.24) is 0 Å². The van der Waals surface area contributed by atoms with Gasteiger partial charge in [0.25, 0.3) is 0 Å². The van der Waals surface area contributed by atoms with Crippen LogP contribution in [0.3, 0.4) is 0 Å². The number of rotatable bonds is 11. The van der Waals surface area contributed by atoms with Gasteiger partial charge < -0.3 is 5.11 Å². The molecule has 0 aliphatic rings. The van der Waals surface area contributed by atoms with Crippen molar-refractivity contribution < 1.29 is 9.50 Å². The van der Waals surface area contributed by atoms with Crippen LogP contribution in [0.1, 0.15) is 76.2 Å². The van der Waals surface area contributed by atoms with E-state index in [4.69, 9.17) is 0 Å². The van der Waals surface area contributed by atoms with E-state index < -0.39 is 0 Å². The molecule has 1 atom stereocenters. The first-order valence-electron chi connectivity index (χ1n) is 8.14. The highest BCUT2D eigenvalue weighted by Crippen LogP contribution is 2.24. The van der Waals surface area contributed by atoms with Crippen LogP contribution in [0.15, 0.2) is 24.3 Å². The smallest absolute Gasteiger partial charge is 0.126 e. The predicted octanol–water partition coefficient (Wildman–Crippen LogP) is 5.43. The van der Waals surface area contributed by atoms with E-state index in [9.17, 15) is 9.50 Å². The van der Waals surface area contributed by atoms with Gasteiger partial charge in [-0.1, -0.05) is 76.5 Å². The minimum Gasteiger partial charge on any atom is -0.396 e. The van der Waals surface area contributed by atoms with Crippen LogP contribution in [0.25, 0.3) is 0 Å². The molecule has 1 nitrogen and oxygen atoms in total. The lowest BCUT2D eigenvalue weighted by Crippen LogP contribution is -2.06. The molecule has 0 saturated carbocycles. The van der Waals surface area contributed by atoms with Crippen molar-refractivity contribution >= 4 is 0 Å². The third kappa shape index (κ3) is 6.51. The lowest BCUT2D eigenvalue weighted by atomic mass is 9.93. The average molecular weight is 280 g/mol. The van der Waals surface area contributed by atoms with Crippen molar-refractivity contribution in [2.45, 2.75) is 70.6 Å². The number of hydrogen-bond acceptors (Lipinski definition) is 1. The molecule has 0 saturated heterocycles. The summed E-state index contributed by atoms with van der Waals surface area (Å²) in [5.41, 5.74) is 0.665. The third-order valence-electron chi connectivity index (χ3n) is 3.97. The van der Waals surface area contributed by atoms with Crippen LogP contribution in [-0.4, -0.2) is 11.7 Å². The van der Waals surface area contributed by atoms with Crippen LogP contribution in [0.4, 0.5) is 4.39 Å². The zero-order valence-electron chi connectivity index (χ0n) is 12.8. The lowest BCUT2D eigenvalue weighted by molar-refractivity contribution is 0.253. The average Bonchev–Trinajstić information content (AvgIpc) is 2.47. The molecular weight excluding hydrogens is 251 g/mol. The van der Waals surface area contributed by atoms with Crippen LogP contribution in [-0.2, 0) is 0 Å². The van der Waals surface area contributed by atoms with E-state index in [-0.39, 0.29) is 18.3 Å². The molecule has 1 rings (SSSR count). The molecule has 0 aromatic heterocycles. The fourth-order valence-corrected chi connectivity index (χ4v) is 2.68. The molecule has 2 heteroatoms. The molecule has 0 fully saturated rings. The van der Waals surface area contributed by atoms with Crippen molar-refractivity contribution in [2.24, 2.45) is 0 Å². The Balaban J connectivity index is 2.18. The molecule has 0 aliphatic carbocycles. The molecule has 0 radical (unpaired) electrons. The van der Waals surface area contributed by atoms with Crippen molar-refractivity contribution in [3.05, 3.63) is 35.6 Å². The van der Waals surface area contributed by atoms with E-state index >= 15 is 0 Å². The standard InChI is InChI=1S/C18H29FO/c1-2-3-4-5-6-7-8-9-12-16(15-20)17-13-10-11-14-18(17)19/h10-11,13-14,16,20H,2-9,12,15H2,1H3. The zero-order valence-corrected chi connectivity index (χ0v) is 12.8. The van der Waals surface area contributed by atoms with Crippen LogP contribution >= 0.6 is 0 Å². The van der Waals surface area contributed by atoms with Gasteiger partial charge in [0, 0.05) is 5.92 Å². The maximum absolute atomic E-state index is 13.7. The zero-order chi connectivity index (χ0) is 14.6. The van der Waals surface area contributed by atoms with Crippen molar-refractivity contribution in [3.8, 4) is 0 Å². The van der Waals surface area contributed by atoms with Crippen LogP contribution in [0, 0.1) is 5.82 Å². The van der Waals surface area contributed by atoms with Crippen molar-refractivity contribution in [3.63, 3.8) is 0 Å². The Hall–Kier alpha value is -0.890. The fourth-order valence-electron chi connectivity index (χ4n) is 2.68. The van der Waals surface area contributed by atoms with Gasteiger partial charge in [-0.05, 0) is 18.1 Å². The summed E-state index contributed by atoms with van der Waals surface area (Å²) < 4.78 is 13.7. The molecule has 1 aromatic rings. The summed E-state index contributed by atoms with van der Waals surface area (Å²) in [6, 6.07) is 6.81. The normalized spacial score (nSPS) is 12.6. The molecule has 0 bridgehead atoms. The van der Waals surface area contributed by atoms with E-state index in [1.807, 2.05) is 6.07 Å². The van der Waals surface area contributed by atoms with E-state index in [0.29, 0.717) is 5.56 Å². The summed E-state index contributed by atoms with van der Waals surface area (Å²) in [5, 5.41) is 9.44. The Morgan fingerprint density at radius 1 is 0.950 bits per heavy atom. The molecule has 20 heavy (non-hydrogen) atoms. The van der Waals surface area contributed by atoms with E-state index in [2.05, 4.69) is 6.92 Å². The molecular formula is C18H29FO. The Morgan fingerprint density at radius 2 is 1.55 bits per heavy atom.